The Morgan fingerprint density at radius 3 is 2.75 bits per heavy atom. The number of aryl methyl sites for hydroxylation is 1. The Morgan fingerprint density at radius 2 is 2.05 bits per heavy atom. The van der Waals surface area contributed by atoms with Crippen LogP contribution in [-0.4, -0.2) is 16.0 Å². The number of aromatic nitrogens is 1. The summed E-state index contributed by atoms with van der Waals surface area (Å²) >= 11 is 0. The van der Waals surface area contributed by atoms with Crippen LogP contribution in [0, 0.1) is 6.92 Å². The third-order valence-corrected chi connectivity index (χ3v) is 2.81. The van der Waals surface area contributed by atoms with Crippen LogP contribution >= 0.6 is 0 Å². The van der Waals surface area contributed by atoms with Gasteiger partial charge in [0, 0.05) is 17.8 Å². The lowest BCUT2D eigenvalue weighted by Gasteiger charge is -2.05. The highest BCUT2D eigenvalue weighted by atomic mass is 16.3. The van der Waals surface area contributed by atoms with Crippen LogP contribution in [0.15, 0.2) is 48.7 Å². The summed E-state index contributed by atoms with van der Waals surface area (Å²) in [5.41, 5.74) is 2.71. The first-order valence-electron chi connectivity index (χ1n) is 6.29. The quantitative estimate of drug-likeness (QED) is 0.838. The smallest absolute Gasteiger partial charge is 0.249 e. The van der Waals surface area contributed by atoms with Crippen LogP contribution < -0.4 is 5.32 Å². The van der Waals surface area contributed by atoms with Gasteiger partial charge in [-0.1, -0.05) is 35.9 Å². The Labute approximate surface area is 117 Å². The average molecular weight is 268 g/mol. The van der Waals surface area contributed by atoms with E-state index in [2.05, 4.69) is 10.3 Å². The lowest BCUT2D eigenvalue weighted by atomic mass is 10.1. The lowest BCUT2D eigenvalue weighted by molar-refractivity contribution is -0.111. The fourth-order valence-electron chi connectivity index (χ4n) is 1.69. The summed E-state index contributed by atoms with van der Waals surface area (Å²) < 4.78 is 0. The van der Waals surface area contributed by atoms with E-state index in [1.807, 2.05) is 31.2 Å². The molecule has 102 valence electrons. The molecule has 2 aromatic rings. The number of pyridine rings is 1. The number of anilines is 1. The zero-order chi connectivity index (χ0) is 14.4. The number of aliphatic hydroxyl groups excluding tert-OH is 1. The van der Waals surface area contributed by atoms with Crippen molar-refractivity contribution in [3.63, 3.8) is 0 Å². The molecule has 2 rings (SSSR count). The van der Waals surface area contributed by atoms with Crippen LogP contribution in [0.25, 0.3) is 6.08 Å². The van der Waals surface area contributed by atoms with E-state index in [0.29, 0.717) is 11.4 Å². The highest BCUT2D eigenvalue weighted by molar-refractivity contribution is 6.01. The minimum absolute atomic E-state index is 0.162. The normalized spacial score (nSPS) is 10.7. The summed E-state index contributed by atoms with van der Waals surface area (Å²) in [6.45, 7) is 1.85. The van der Waals surface area contributed by atoms with Crippen molar-refractivity contribution < 1.29 is 9.90 Å². The summed E-state index contributed by atoms with van der Waals surface area (Å²) in [5.74, 6) is 0.104. The van der Waals surface area contributed by atoms with Crippen LogP contribution in [0.3, 0.4) is 0 Å². The summed E-state index contributed by atoms with van der Waals surface area (Å²) in [4.78, 5) is 15.8. The monoisotopic (exact) mass is 268 g/mol. The molecular weight excluding hydrogens is 252 g/mol. The van der Waals surface area contributed by atoms with Crippen molar-refractivity contribution >= 4 is 17.8 Å². The molecule has 0 aliphatic rings. The van der Waals surface area contributed by atoms with E-state index in [9.17, 15) is 4.79 Å². The van der Waals surface area contributed by atoms with E-state index in [0.717, 1.165) is 5.56 Å². The van der Waals surface area contributed by atoms with Crippen molar-refractivity contribution in [2.45, 2.75) is 13.5 Å². The maximum absolute atomic E-state index is 11.8. The highest BCUT2D eigenvalue weighted by Crippen LogP contribution is 2.11. The molecular formula is C16H16N2O2. The van der Waals surface area contributed by atoms with Crippen LogP contribution in [0.4, 0.5) is 5.82 Å². The molecule has 0 aliphatic heterocycles. The van der Waals surface area contributed by atoms with Crippen LogP contribution in [0.5, 0.6) is 0 Å². The summed E-state index contributed by atoms with van der Waals surface area (Å²) in [6.07, 6.45) is 4.75. The van der Waals surface area contributed by atoms with E-state index in [-0.39, 0.29) is 12.5 Å². The molecule has 4 nitrogen and oxygen atoms in total. The maximum Gasteiger partial charge on any atom is 0.249 e. The van der Waals surface area contributed by atoms with Crippen LogP contribution in [0.2, 0.25) is 0 Å². The zero-order valence-corrected chi connectivity index (χ0v) is 11.2. The average Bonchev–Trinajstić information content (AvgIpc) is 2.47. The van der Waals surface area contributed by atoms with Crippen molar-refractivity contribution in [1.82, 2.24) is 4.98 Å². The van der Waals surface area contributed by atoms with E-state index >= 15 is 0 Å². The predicted octanol–water partition coefficient (Wildman–Crippen LogP) is 2.53. The fourth-order valence-corrected chi connectivity index (χ4v) is 1.69. The molecule has 0 spiro atoms. The first-order valence-corrected chi connectivity index (χ1v) is 6.29. The Kier molecular flexibility index (Phi) is 4.63. The van der Waals surface area contributed by atoms with Gasteiger partial charge in [0.25, 0.3) is 0 Å². The molecule has 0 saturated heterocycles. The van der Waals surface area contributed by atoms with E-state index < -0.39 is 0 Å². The molecule has 2 N–H and O–H groups in total. The zero-order valence-electron chi connectivity index (χ0n) is 11.2. The molecule has 0 aliphatic carbocycles. The van der Waals surface area contributed by atoms with Gasteiger partial charge in [0.15, 0.2) is 0 Å². The Bertz CT molecular complexity index is 619. The number of nitrogens with zero attached hydrogens (tertiary/aromatic N) is 1. The molecule has 0 saturated carbocycles. The summed E-state index contributed by atoms with van der Waals surface area (Å²) in [7, 11) is 0. The van der Waals surface area contributed by atoms with Gasteiger partial charge in [-0.2, -0.15) is 0 Å². The first-order chi connectivity index (χ1) is 9.69. The fraction of sp³-hybridized carbons (Fsp3) is 0.125. The number of hydrogen-bond acceptors (Lipinski definition) is 3. The number of nitrogens with one attached hydrogen (secondary N) is 1. The lowest BCUT2D eigenvalue weighted by Crippen LogP contribution is -2.11. The number of amides is 1. The molecule has 4 heteroatoms. The number of carbonyl (C=O) groups excluding carboxylic acids is 1. The number of aliphatic hydroxyl groups is 1. The molecule has 1 aromatic carbocycles. The Balaban J connectivity index is 2.03. The number of rotatable bonds is 4. The molecule has 0 fully saturated rings. The molecule has 0 radical (unpaired) electrons. The van der Waals surface area contributed by atoms with Gasteiger partial charge in [0.2, 0.25) is 5.91 Å². The van der Waals surface area contributed by atoms with Crippen molar-refractivity contribution in [2.24, 2.45) is 0 Å². The maximum atomic E-state index is 11.8. The number of hydrogen-bond donors (Lipinski definition) is 2. The number of carbonyl (C=O) groups is 1. The van der Waals surface area contributed by atoms with Crippen LogP contribution in [0.1, 0.15) is 16.7 Å². The van der Waals surface area contributed by atoms with Gasteiger partial charge in [-0.25, -0.2) is 4.98 Å². The highest BCUT2D eigenvalue weighted by Gasteiger charge is 2.04. The third-order valence-electron chi connectivity index (χ3n) is 2.81. The number of benzene rings is 1. The second kappa shape index (κ2) is 6.63. The summed E-state index contributed by atoms with van der Waals surface area (Å²) in [6, 6.07) is 11.3. The van der Waals surface area contributed by atoms with Crippen molar-refractivity contribution in [2.75, 3.05) is 5.32 Å². The largest absolute Gasteiger partial charge is 0.392 e. The van der Waals surface area contributed by atoms with Gasteiger partial charge in [-0.15, -0.1) is 0 Å². The first kappa shape index (κ1) is 14.0. The minimum Gasteiger partial charge on any atom is -0.392 e. The molecule has 0 unspecified atom stereocenters. The second-order valence-corrected chi connectivity index (χ2v) is 4.40. The van der Waals surface area contributed by atoms with Crippen molar-refractivity contribution in [1.29, 1.82) is 0 Å². The van der Waals surface area contributed by atoms with Gasteiger partial charge < -0.3 is 10.4 Å². The van der Waals surface area contributed by atoms with E-state index in [4.69, 9.17) is 5.11 Å². The molecule has 1 amide bonds. The predicted molar refractivity (Wildman–Crippen MR) is 79.0 cm³/mol. The molecule has 20 heavy (non-hydrogen) atoms. The van der Waals surface area contributed by atoms with Crippen molar-refractivity contribution in [3.8, 4) is 0 Å². The Morgan fingerprint density at radius 1 is 1.30 bits per heavy atom. The van der Waals surface area contributed by atoms with Gasteiger partial charge in [-0.3, -0.25) is 4.79 Å². The molecule has 1 heterocycles. The van der Waals surface area contributed by atoms with Gasteiger partial charge in [0.05, 0.1) is 6.61 Å². The molecule has 0 bridgehead atoms. The van der Waals surface area contributed by atoms with Crippen molar-refractivity contribution in [3.05, 3.63) is 65.4 Å². The second-order valence-electron chi connectivity index (χ2n) is 4.40. The van der Waals surface area contributed by atoms with Crippen LogP contribution in [-0.2, 0) is 11.4 Å². The van der Waals surface area contributed by atoms with E-state index in [1.54, 1.807) is 24.4 Å². The third kappa shape index (κ3) is 3.76. The standard InChI is InChI=1S/C16H16N2O2/c1-12-4-6-13(7-5-12)8-9-15(20)18-16-14(11-19)3-2-10-17-16/h2-10,19H,11H2,1H3,(H,17,18,20)/b9-8+. The minimum atomic E-state index is -0.279. The van der Waals surface area contributed by atoms with Gasteiger partial charge in [0.1, 0.15) is 5.82 Å². The van der Waals surface area contributed by atoms with Gasteiger partial charge >= 0.3 is 0 Å². The topological polar surface area (TPSA) is 62.2 Å². The van der Waals surface area contributed by atoms with Gasteiger partial charge in [-0.05, 0) is 24.6 Å². The summed E-state index contributed by atoms with van der Waals surface area (Å²) in [5, 5.41) is 11.8. The molecule has 1 aromatic heterocycles. The molecule has 0 atom stereocenters. The van der Waals surface area contributed by atoms with E-state index in [1.165, 1.54) is 11.6 Å². The SMILES string of the molecule is Cc1ccc(/C=C/C(=O)Nc2ncccc2CO)cc1. The Hall–Kier alpha value is -2.46.